The molecule has 32 heavy (non-hydrogen) atoms. The van der Waals surface area contributed by atoms with Crippen LogP contribution >= 0.6 is 0 Å². The summed E-state index contributed by atoms with van der Waals surface area (Å²) in [5.74, 6) is 1.15. The van der Waals surface area contributed by atoms with E-state index in [2.05, 4.69) is 65.5 Å². The Kier molecular flexibility index (Phi) is 6.44. The summed E-state index contributed by atoms with van der Waals surface area (Å²) in [4.78, 5) is 13.6. The molecule has 0 unspecified atom stereocenters. The third kappa shape index (κ3) is 5.12. The van der Waals surface area contributed by atoms with Gasteiger partial charge < -0.3 is 13.6 Å². The normalized spacial score (nSPS) is 14.8. The second-order valence-electron chi connectivity index (χ2n) is 11.2. The average molecular weight is 471 g/mol. The lowest BCUT2D eigenvalue weighted by Crippen LogP contribution is -2.35. The van der Waals surface area contributed by atoms with Crippen molar-refractivity contribution in [2.45, 2.75) is 85.4 Å². The highest BCUT2D eigenvalue weighted by Gasteiger charge is 2.39. The minimum absolute atomic E-state index is 0.275. The Morgan fingerprint density at radius 1 is 1.03 bits per heavy atom. The van der Waals surface area contributed by atoms with Gasteiger partial charge >= 0.3 is 5.97 Å². The molecule has 0 aromatic heterocycles. The second-order valence-corrected chi connectivity index (χ2v) is 20.1. The molecule has 0 aliphatic carbocycles. The van der Waals surface area contributed by atoms with E-state index in [9.17, 15) is 4.79 Å². The van der Waals surface area contributed by atoms with Gasteiger partial charge in [-0.1, -0.05) is 37.1 Å². The van der Waals surface area contributed by atoms with E-state index < -0.39 is 22.2 Å². The largest absolute Gasteiger partial charge is 0.543 e. The predicted octanol–water partition coefficient (Wildman–Crippen LogP) is 7.45. The Balaban J connectivity index is 2.41. The maximum absolute atomic E-state index is 13.6. The predicted molar refractivity (Wildman–Crippen MR) is 137 cm³/mol. The van der Waals surface area contributed by atoms with Gasteiger partial charge in [0, 0.05) is 5.56 Å². The monoisotopic (exact) mass is 470 g/mol. The van der Waals surface area contributed by atoms with Gasteiger partial charge in [0.25, 0.3) is 0 Å². The number of benzene rings is 2. The van der Waals surface area contributed by atoms with Crippen LogP contribution in [0.1, 0.15) is 54.2 Å². The van der Waals surface area contributed by atoms with Gasteiger partial charge in [-0.05, 0) is 83.7 Å². The van der Waals surface area contributed by atoms with Crippen molar-refractivity contribution in [3.8, 4) is 22.6 Å². The molecule has 3 rings (SSSR count). The van der Waals surface area contributed by atoms with E-state index >= 15 is 0 Å². The molecule has 0 atom stereocenters. The van der Waals surface area contributed by atoms with E-state index in [0.29, 0.717) is 11.3 Å². The quantitative estimate of drug-likeness (QED) is 0.411. The molecule has 1 aliphatic rings. The van der Waals surface area contributed by atoms with Crippen LogP contribution in [0.4, 0.5) is 0 Å². The molecule has 0 saturated heterocycles. The first kappa shape index (κ1) is 24.6. The van der Waals surface area contributed by atoms with Crippen LogP contribution in [-0.2, 0) is 16.4 Å². The highest BCUT2D eigenvalue weighted by atomic mass is 28.4. The van der Waals surface area contributed by atoms with Crippen LogP contribution in [0.2, 0.25) is 39.3 Å². The van der Waals surface area contributed by atoms with Crippen molar-refractivity contribution >= 4 is 22.6 Å². The Morgan fingerprint density at radius 2 is 1.69 bits per heavy atom. The van der Waals surface area contributed by atoms with Crippen LogP contribution in [-0.4, -0.2) is 22.6 Å². The molecule has 1 heterocycles. The number of fused-ring (bicyclic) bond motifs is 3. The average Bonchev–Trinajstić information content (AvgIpc) is 2.57. The van der Waals surface area contributed by atoms with E-state index in [1.165, 1.54) is 0 Å². The molecule has 0 spiro atoms. The molecule has 0 bridgehead atoms. The topological polar surface area (TPSA) is 44.8 Å². The number of hydrogen-bond acceptors (Lipinski definition) is 4. The molecular weight excluding hydrogens is 432 g/mol. The Labute approximate surface area is 195 Å². The van der Waals surface area contributed by atoms with Crippen molar-refractivity contribution < 1.29 is 18.4 Å². The lowest BCUT2D eigenvalue weighted by molar-refractivity contribution is 0.0721. The van der Waals surface area contributed by atoms with Crippen molar-refractivity contribution in [2.24, 2.45) is 0 Å². The highest BCUT2D eigenvalue weighted by Crippen LogP contribution is 2.52. The lowest BCUT2D eigenvalue weighted by atomic mass is 9.83. The molecule has 0 fully saturated rings. The van der Waals surface area contributed by atoms with E-state index in [4.69, 9.17) is 13.6 Å². The third-order valence-corrected chi connectivity index (χ3v) is 6.93. The molecule has 1 aliphatic heterocycles. The van der Waals surface area contributed by atoms with Gasteiger partial charge in [-0.2, -0.15) is 0 Å². The molecule has 0 N–H and O–H groups in total. The number of hydrogen-bond donors (Lipinski definition) is 0. The first-order chi connectivity index (χ1) is 14.6. The van der Waals surface area contributed by atoms with Crippen molar-refractivity contribution in [1.29, 1.82) is 0 Å². The van der Waals surface area contributed by atoms with Crippen LogP contribution in [0.5, 0.6) is 11.5 Å². The minimum Gasteiger partial charge on any atom is -0.543 e. The minimum atomic E-state index is -2.09. The summed E-state index contributed by atoms with van der Waals surface area (Å²) in [5.41, 5.74) is 5.26. The zero-order chi connectivity index (χ0) is 24.1. The molecule has 0 radical (unpaired) electrons. The summed E-state index contributed by atoms with van der Waals surface area (Å²) in [6.07, 6.45) is 1.67. The van der Waals surface area contributed by atoms with Crippen molar-refractivity contribution in [3.05, 3.63) is 46.5 Å². The number of carbonyl (C=O) groups excluding carboxylic acids is 1. The first-order valence-corrected chi connectivity index (χ1v) is 18.4. The number of aryl methyl sites for hydroxylation is 2. The molecule has 2 aromatic carbocycles. The number of rotatable bonds is 6. The molecule has 6 heteroatoms. The van der Waals surface area contributed by atoms with Crippen LogP contribution < -0.4 is 9.16 Å². The highest BCUT2D eigenvalue weighted by molar-refractivity contribution is 6.71. The molecule has 4 nitrogen and oxygen atoms in total. The Hall–Kier alpha value is -2.06. The zero-order valence-electron chi connectivity index (χ0n) is 21.4. The fourth-order valence-electron chi connectivity index (χ4n) is 4.17. The molecule has 0 amide bonds. The van der Waals surface area contributed by atoms with Crippen molar-refractivity contribution in [3.63, 3.8) is 0 Å². The van der Waals surface area contributed by atoms with Gasteiger partial charge in [0.15, 0.2) is 0 Å². The number of carbonyl (C=O) groups is 1. The van der Waals surface area contributed by atoms with E-state index in [0.717, 1.165) is 46.4 Å². The fourth-order valence-corrected chi connectivity index (χ4v) is 5.64. The Morgan fingerprint density at radius 3 is 2.25 bits per heavy atom. The van der Waals surface area contributed by atoms with Crippen molar-refractivity contribution in [1.82, 2.24) is 0 Å². The van der Waals surface area contributed by atoms with Crippen LogP contribution in [0.15, 0.2) is 24.3 Å². The van der Waals surface area contributed by atoms with Crippen LogP contribution in [0.3, 0.4) is 0 Å². The lowest BCUT2D eigenvalue weighted by Gasteiger charge is -2.38. The SMILES string of the molecule is CCCc1cc2c(c(O[Si](C)(C)C)c1C(=O)O[Si](C)(C)C)-c1cc(C)ccc1C(C)(C)O2. The standard InChI is InChI=1S/C26H38O4Si2/c1-11-12-18-16-21-23(19-15-17(2)13-14-20(19)26(3,4)28-21)24(29-31(5,6)7)22(18)25(27)30-32(8,9)10/h13-16H,11-12H2,1-10H3. The molecule has 174 valence electrons. The molecule has 0 saturated carbocycles. The Bertz CT molecular complexity index is 1040. The first-order valence-electron chi connectivity index (χ1n) is 11.6. The van der Waals surface area contributed by atoms with E-state index in [1.807, 2.05) is 25.7 Å². The summed E-state index contributed by atoms with van der Waals surface area (Å²) in [6, 6.07) is 8.47. The maximum atomic E-state index is 13.6. The summed E-state index contributed by atoms with van der Waals surface area (Å²) in [6.45, 7) is 20.9. The fraction of sp³-hybridized carbons (Fsp3) is 0.500. The zero-order valence-corrected chi connectivity index (χ0v) is 23.4. The summed E-state index contributed by atoms with van der Waals surface area (Å²) >= 11 is 0. The van der Waals surface area contributed by atoms with E-state index in [1.54, 1.807) is 0 Å². The second kappa shape index (κ2) is 8.38. The molecular formula is C26H38O4Si2. The smallest absolute Gasteiger partial charge is 0.328 e. The summed E-state index contributed by atoms with van der Waals surface area (Å²) in [7, 11) is -4.16. The van der Waals surface area contributed by atoms with Gasteiger partial charge in [0.05, 0.1) is 5.56 Å². The summed E-state index contributed by atoms with van der Waals surface area (Å²) < 4.78 is 19.3. The van der Waals surface area contributed by atoms with Gasteiger partial charge in [0.2, 0.25) is 16.6 Å². The van der Waals surface area contributed by atoms with Gasteiger partial charge in [-0.3, -0.25) is 0 Å². The third-order valence-electron chi connectivity index (χ3n) is 5.32. The van der Waals surface area contributed by atoms with Gasteiger partial charge in [-0.25, -0.2) is 4.79 Å². The maximum Gasteiger partial charge on any atom is 0.328 e. The van der Waals surface area contributed by atoms with Crippen LogP contribution in [0, 0.1) is 6.92 Å². The van der Waals surface area contributed by atoms with E-state index in [-0.39, 0.29) is 5.97 Å². The summed E-state index contributed by atoms with van der Waals surface area (Å²) in [5, 5.41) is 0. The molecule has 2 aromatic rings. The number of ether oxygens (including phenoxy) is 1. The van der Waals surface area contributed by atoms with Crippen LogP contribution in [0.25, 0.3) is 11.1 Å². The van der Waals surface area contributed by atoms with Gasteiger partial charge in [0.1, 0.15) is 22.7 Å². The van der Waals surface area contributed by atoms with Crippen molar-refractivity contribution in [2.75, 3.05) is 0 Å². The van der Waals surface area contributed by atoms with Gasteiger partial charge in [-0.15, -0.1) is 0 Å².